The summed E-state index contributed by atoms with van der Waals surface area (Å²) < 4.78 is 0. The van der Waals surface area contributed by atoms with Gasteiger partial charge in [-0.15, -0.1) is 22.7 Å². The van der Waals surface area contributed by atoms with Crippen molar-refractivity contribution in [3.8, 4) is 0 Å². The highest BCUT2D eigenvalue weighted by atomic mass is 32.1. The zero-order valence-electron chi connectivity index (χ0n) is 11.8. The van der Waals surface area contributed by atoms with Gasteiger partial charge in [0, 0.05) is 33.7 Å². The van der Waals surface area contributed by atoms with Gasteiger partial charge in [0.25, 0.3) is 0 Å². The van der Waals surface area contributed by atoms with E-state index in [1.54, 1.807) is 22.7 Å². The maximum absolute atomic E-state index is 11.0. The minimum absolute atomic E-state index is 0.781. The maximum atomic E-state index is 11.0. The lowest BCUT2D eigenvalue weighted by Crippen LogP contribution is -1.92. The number of rotatable bonds is 6. The maximum Gasteiger partial charge on any atom is 0.151 e. The Morgan fingerprint density at radius 2 is 1.09 bits per heavy atom. The smallest absolute Gasteiger partial charge is 0.151 e. The van der Waals surface area contributed by atoms with E-state index in [-0.39, 0.29) is 0 Å². The SMILES string of the molecule is O=Cc1ccsc1Cc1ccc(Cc2sccc2C=O)cc1. The largest absolute Gasteiger partial charge is 0.298 e. The zero-order chi connectivity index (χ0) is 15.4. The molecule has 0 unspecified atom stereocenters. The first-order valence-corrected chi connectivity index (χ1v) is 8.67. The van der Waals surface area contributed by atoms with E-state index in [0.717, 1.165) is 46.3 Å². The second-order valence-electron chi connectivity index (χ2n) is 5.00. The number of hydrogen-bond acceptors (Lipinski definition) is 4. The molecule has 0 aliphatic rings. The van der Waals surface area contributed by atoms with Gasteiger partial charge >= 0.3 is 0 Å². The van der Waals surface area contributed by atoms with Crippen LogP contribution < -0.4 is 0 Å². The number of thiophene rings is 2. The first-order chi connectivity index (χ1) is 10.8. The Kier molecular flexibility index (Phi) is 4.61. The Balaban J connectivity index is 1.73. The van der Waals surface area contributed by atoms with E-state index in [1.165, 1.54) is 11.1 Å². The fraction of sp³-hybridized carbons (Fsp3) is 0.111. The number of hydrogen-bond donors (Lipinski definition) is 0. The molecule has 1 aromatic carbocycles. The first kappa shape index (κ1) is 14.9. The van der Waals surface area contributed by atoms with E-state index in [1.807, 2.05) is 22.9 Å². The summed E-state index contributed by atoms with van der Waals surface area (Å²) in [6.45, 7) is 0. The second-order valence-corrected chi connectivity index (χ2v) is 7.01. The number of carbonyl (C=O) groups excluding carboxylic acids is 2. The predicted molar refractivity (Wildman–Crippen MR) is 91.5 cm³/mol. The van der Waals surface area contributed by atoms with E-state index in [9.17, 15) is 9.59 Å². The van der Waals surface area contributed by atoms with Gasteiger partial charge in [-0.25, -0.2) is 0 Å². The van der Waals surface area contributed by atoms with Crippen molar-refractivity contribution in [3.05, 3.63) is 79.2 Å². The lowest BCUT2D eigenvalue weighted by Gasteiger charge is -2.04. The summed E-state index contributed by atoms with van der Waals surface area (Å²) in [7, 11) is 0. The van der Waals surface area contributed by atoms with Crippen molar-refractivity contribution in [1.82, 2.24) is 0 Å². The van der Waals surface area contributed by atoms with Crippen LogP contribution in [0, 0.1) is 0 Å². The summed E-state index contributed by atoms with van der Waals surface area (Å²) in [4.78, 5) is 24.1. The minimum Gasteiger partial charge on any atom is -0.298 e. The van der Waals surface area contributed by atoms with Crippen LogP contribution in [0.5, 0.6) is 0 Å². The third kappa shape index (κ3) is 3.24. The van der Waals surface area contributed by atoms with Gasteiger partial charge in [0.15, 0.2) is 12.6 Å². The molecule has 0 aliphatic heterocycles. The Labute approximate surface area is 137 Å². The standard InChI is InChI=1S/C18H14O2S2/c19-11-15-5-7-21-17(15)9-13-1-2-14(4-3-13)10-18-16(12-20)6-8-22-18/h1-8,11-12H,9-10H2. The average Bonchev–Trinajstić information content (AvgIpc) is 3.17. The zero-order valence-corrected chi connectivity index (χ0v) is 13.5. The molecule has 0 atom stereocenters. The molecule has 110 valence electrons. The molecule has 0 amide bonds. The third-order valence-corrected chi connectivity index (χ3v) is 5.44. The molecule has 2 heterocycles. The predicted octanol–water partition coefficient (Wildman–Crippen LogP) is 4.62. The summed E-state index contributed by atoms with van der Waals surface area (Å²) in [5.41, 5.74) is 3.94. The normalized spacial score (nSPS) is 10.5. The second kappa shape index (κ2) is 6.81. The van der Waals surface area contributed by atoms with Gasteiger partial charge in [-0.2, -0.15) is 0 Å². The minimum atomic E-state index is 0.781. The van der Waals surface area contributed by atoms with Crippen molar-refractivity contribution in [2.45, 2.75) is 12.8 Å². The van der Waals surface area contributed by atoms with Crippen LogP contribution in [0.25, 0.3) is 0 Å². The Hall–Kier alpha value is -2.04. The molecule has 4 heteroatoms. The number of carbonyl (C=O) groups is 2. The molecular weight excluding hydrogens is 312 g/mol. The summed E-state index contributed by atoms with van der Waals surface area (Å²) in [6, 6.07) is 12.1. The highest BCUT2D eigenvalue weighted by Crippen LogP contribution is 2.22. The molecule has 3 rings (SSSR count). The molecule has 3 aromatic rings. The molecule has 2 nitrogen and oxygen atoms in total. The van der Waals surface area contributed by atoms with Crippen LogP contribution >= 0.6 is 22.7 Å². The Morgan fingerprint density at radius 3 is 1.45 bits per heavy atom. The van der Waals surface area contributed by atoms with Gasteiger partial charge < -0.3 is 0 Å². The molecule has 2 aromatic heterocycles. The Bertz CT molecular complexity index is 714. The molecule has 0 bridgehead atoms. The monoisotopic (exact) mass is 326 g/mol. The molecule has 22 heavy (non-hydrogen) atoms. The first-order valence-electron chi connectivity index (χ1n) is 6.91. The van der Waals surface area contributed by atoms with Crippen molar-refractivity contribution in [2.75, 3.05) is 0 Å². The van der Waals surface area contributed by atoms with E-state index in [4.69, 9.17) is 0 Å². The van der Waals surface area contributed by atoms with Crippen molar-refractivity contribution in [1.29, 1.82) is 0 Å². The van der Waals surface area contributed by atoms with Gasteiger partial charge in [0.05, 0.1) is 0 Å². The van der Waals surface area contributed by atoms with E-state index in [2.05, 4.69) is 24.3 Å². The highest BCUT2D eigenvalue weighted by Gasteiger charge is 2.07. The van der Waals surface area contributed by atoms with Gasteiger partial charge in [0.1, 0.15) is 0 Å². The fourth-order valence-electron chi connectivity index (χ4n) is 2.34. The van der Waals surface area contributed by atoms with Crippen molar-refractivity contribution in [3.63, 3.8) is 0 Å². The van der Waals surface area contributed by atoms with Crippen LogP contribution in [0.15, 0.2) is 47.2 Å². The van der Waals surface area contributed by atoms with Crippen molar-refractivity contribution in [2.24, 2.45) is 0 Å². The lowest BCUT2D eigenvalue weighted by atomic mass is 10.0. The van der Waals surface area contributed by atoms with Gasteiger partial charge in [-0.1, -0.05) is 24.3 Å². The molecule has 0 saturated carbocycles. The summed E-state index contributed by atoms with van der Waals surface area (Å²) in [6.07, 6.45) is 3.39. The third-order valence-electron chi connectivity index (χ3n) is 3.57. The molecule has 0 aliphatic carbocycles. The van der Waals surface area contributed by atoms with E-state index in [0.29, 0.717) is 0 Å². The lowest BCUT2D eigenvalue weighted by molar-refractivity contribution is 0.111. The van der Waals surface area contributed by atoms with E-state index >= 15 is 0 Å². The van der Waals surface area contributed by atoms with Crippen LogP contribution in [0.4, 0.5) is 0 Å². The molecule has 0 spiro atoms. The van der Waals surface area contributed by atoms with Crippen LogP contribution in [0.3, 0.4) is 0 Å². The van der Waals surface area contributed by atoms with E-state index < -0.39 is 0 Å². The Morgan fingerprint density at radius 1 is 0.682 bits per heavy atom. The summed E-state index contributed by atoms with van der Waals surface area (Å²) >= 11 is 3.23. The fourth-order valence-corrected chi connectivity index (χ4v) is 4.11. The highest BCUT2D eigenvalue weighted by molar-refractivity contribution is 7.10. The molecule has 0 saturated heterocycles. The van der Waals surface area contributed by atoms with Gasteiger partial charge in [-0.05, 0) is 34.0 Å². The number of benzene rings is 1. The van der Waals surface area contributed by atoms with Crippen LogP contribution in [0.1, 0.15) is 41.6 Å². The van der Waals surface area contributed by atoms with Crippen molar-refractivity contribution >= 4 is 35.2 Å². The van der Waals surface area contributed by atoms with Gasteiger partial charge in [-0.3, -0.25) is 9.59 Å². The van der Waals surface area contributed by atoms with Crippen LogP contribution in [0.2, 0.25) is 0 Å². The molecule has 0 fully saturated rings. The molecule has 0 radical (unpaired) electrons. The topological polar surface area (TPSA) is 34.1 Å². The van der Waals surface area contributed by atoms with Crippen LogP contribution in [-0.4, -0.2) is 12.6 Å². The average molecular weight is 326 g/mol. The molecular formula is C18H14O2S2. The summed E-state index contributed by atoms with van der Waals surface area (Å²) in [5.74, 6) is 0. The quantitative estimate of drug-likeness (QED) is 0.620. The molecule has 0 N–H and O–H groups in total. The van der Waals surface area contributed by atoms with Gasteiger partial charge in [0.2, 0.25) is 0 Å². The van der Waals surface area contributed by atoms with Crippen molar-refractivity contribution < 1.29 is 9.59 Å². The summed E-state index contributed by atoms with van der Waals surface area (Å²) in [5, 5.41) is 3.90. The number of aldehydes is 2. The van der Waals surface area contributed by atoms with Crippen LogP contribution in [-0.2, 0) is 12.8 Å².